The number of hydrogen-bond acceptors (Lipinski definition) is 5. The molecule has 1 aliphatic rings. The highest BCUT2D eigenvalue weighted by molar-refractivity contribution is 6.44. The first-order chi connectivity index (χ1) is 13.6. The second-order valence-corrected chi connectivity index (χ2v) is 8.56. The first kappa shape index (κ1) is 21.9. The van der Waals surface area contributed by atoms with Crippen molar-refractivity contribution in [3.63, 3.8) is 0 Å². The number of anilines is 1. The summed E-state index contributed by atoms with van der Waals surface area (Å²) in [6, 6.07) is 3.59. The van der Waals surface area contributed by atoms with Gasteiger partial charge in [-0.3, -0.25) is 4.79 Å². The largest absolute Gasteiger partial charge is 0.386 e. The summed E-state index contributed by atoms with van der Waals surface area (Å²) >= 11 is 12.2. The van der Waals surface area contributed by atoms with Crippen molar-refractivity contribution in [2.24, 2.45) is 0 Å². The van der Waals surface area contributed by atoms with Crippen LogP contribution in [0.2, 0.25) is 10.0 Å². The van der Waals surface area contributed by atoms with Crippen LogP contribution in [0, 0.1) is 6.92 Å². The molecular formula is C20H26Cl2N4O3. The quantitative estimate of drug-likeness (QED) is 0.663. The Bertz CT molecular complexity index is 877. The summed E-state index contributed by atoms with van der Waals surface area (Å²) in [7, 11) is 1.63. The van der Waals surface area contributed by atoms with E-state index in [0.717, 1.165) is 11.4 Å². The molecule has 158 valence electrons. The maximum absolute atomic E-state index is 12.7. The number of aromatic nitrogens is 2. The Kier molecular flexibility index (Phi) is 6.43. The van der Waals surface area contributed by atoms with Gasteiger partial charge in [0.1, 0.15) is 11.5 Å². The van der Waals surface area contributed by atoms with Crippen LogP contribution in [0.3, 0.4) is 0 Å². The van der Waals surface area contributed by atoms with Crippen LogP contribution in [0.1, 0.15) is 42.0 Å². The van der Waals surface area contributed by atoms with E-state index in [1.165, 1.54) is 0 Å². The van der Waals surface area contributed by atoms with E-state index in [2.05, 4.69) is 20.2 Å². The number of carbonyl (C=O) groups excluding carboxylic acids is 1. The summed E-state index contributed by atoms with van der Waals surface area (Å²) in [5.41, 5.74) is 0.734. The lowest BCUT2D eigenvalue weighted by Gasteiger charge is -2.38. The number of piperidine rings is 1. The van der Waals surface area contributed by atoms with Gasteiger partial charge in [-0.2, -0.15) is 0 Å². The van der Waals surface area contributed by atoms with Gasteiger partial charge in [0.25, 0.3) is 5.91 Å². The van der Waals surface area contributed by atoms with Gasteiger partial charge < -0.3 is 25.0 Å². The van der Waals surface area contributed by atoms with Gasteiger partial charge in [-0.15, -0.1) is 0 Å². The van der Waals surface area contributed by atoms with Crippen molar-refractivity contribution in [1.29, 1.82) is 0 Å². The van der Waals surface area contributed by atoms with Gasteiger partial charge in [-0.1, -0.05) is 29.3 Å². The van der Waals surface area contributed by atoms with Gasteiger partial charge in [0.2, 0.25) is 0 Å². The summed E-state index contributed by atoms with van der Waals surface area (Å²) in [5.74, 6) is 0.498. The van der Waals surface area contributed by atoms with E-state index in [9.17, 15) is 9.90 Å². The Morgan fingerprint density at radius 2 is 2.10 bits per heavy atom. The van der Waals surface area contributed by atoms with Crippen molar-refractivity contribution in [1.82, 2.24) is 15.3 Å². The number of amides is 1. The molecule has 0 bridgehead atoms. The van der Waals surface area contributed by atoms with E-state index in [1.54, 1.807) is 34.1 Å². The Morgan fingerprint density at radius 1 is 1.38 bits per heavy atom. The number of ether oxygens (including phenoxy) is 1. The Balaban J connectivity index is 1.68. The van der Waals surface area contributed by atoms with Gasteiger partial charge >= 0.3 is 0 Å². The van der Waals surface area contributed by atoms with Gasteiger partial charge in [0, 0.05) is 37.7 Å². The smallest absolute Gasteiger partial charge is 0.269 e. The number of carbonyl (C=O) groups is 1. The normalized spacial score (nSPS) is 20.0. The van der Waals surface area contributed by atoms with Crippen LogP contribution in [0.25, 0.3) is 0 Å². The first-order valence-corrected chi connectivity index (χ1v) is 10.2. The molecule has 0 aliphatic carbocycles. The number of aliphatic hydroxyl groups is 1. The number of halogens is 2. The summed E-state index contributed by atoms with van der Waals surface area (Å²) in [4.78, 5) is 22.2. The lowest BCUT2D eigenvalue weighted by molar-refractivity contribution is 0.0539. The molecule has 1 saturated heterocycles. The zero-order valence-electron chi connectivity index (χ0n) is 16.9. The molecular weight excluding hydrogens is 415 g/mol. The molecule has 3 N–H and O–H groups in total. The van der Waals surface area contributed by atoms with E-state index in [-0.39, 0.29) is 28.8 Å². The first-order valence-electron chi connectivity index (χ1n) is 9.43. The topological polar surface area (TPSA) is 90.5 Å². The standard InChI is InChI=1S/C20H26Cl2N4O3/c1-11-16(21)17(22)18(24-11)19(27)25-13-7-8-26(10-14(13)29-4)15-6-5-12(9-23-15)20(2,3)28/h5-6,9,13-14,24,28H,7-8,10H2,1-4H3,(H,25,27)/t13-,14+/m1/s1. The third kappa shape index (κ3) is 4.69. The minimum absolute atomic E-state index is 0.169. The molecule has 3 rings (SSSR count). The molecule has 2 aromatic rings. The molecule has 0 radical (unpaired) electrons. The molecule has 2 aromatic heterocycles. The Labute approximate surface area is 180 Å². The van der Waals surface area contributed by atoms with Crippen LogP contribution in [-0.2, 0) is 10.3 Å². The van der Waals surface area contributed by atoms with Crippen LogP contribution in [0.15, 0.2) is 18.3 Å². The van der Waals surface area contributed by atoms with Crippen molar-refractivity contribution in [3.05, 3.63) is 45.3 Å². The predicted octanol–water partition coefficient (Wildman–Crippen LogP) is 3.28. The zero-order chi connectivity index (χ0) is 21.3. The number of methoxy groups -OCH3 is 1. The van der Waals surface area contributed by atoms with Crippen LogP contribution >= 0.6 is 23.2 Å². The molecule has 7 nitrogen and oxygen atoms in total. The molecule has 0 aromatic carbocycles. The molecule has 9 heteroatoms. The van der Waals surface area contributed by atoms with Crippen molar-refractivity contribution in [3.8, 4) is 0 Å². The SMILES string of the molecule is CO[C@H]1CN(c2ccc(C(C)(C)O)cn2)CC[C@H]1NC(=O)c1[nH]c(C)c(Cl)c1Cl. The summed E-state index contributed by atoms with van der Waals surface area (Å²) in [6.45, 7) is 6.50. The minimum atomic E-state index is -0.932. The minimum Gasteiger partial charge on any atom is -0.386 e. The fraction of sp³-hybridized carbons (Fsp3) is 0.500. The summed E-state index contributed by atoms with van der Waals surface area (Å²) in [6.07, 6.45) is 2.16. The fourth-order valence-electron chi connectivity index (χ4n) is 3.43. The summed E-state index contributed by atoms with van der Waals surface area (Å²) < 4.78 is 5.64. The van der Waals surface area contributed by atoms with E-state index < -0.39 is 5.60 Å². The van der Waals surface area contributed by atoms with Crippen molar-refractivity contribution in [2.75, 3.05) is 25.1 Å². The third-order valence-electron chi connectivity index (χ3n) is 5.24. The lowest BCUT2D eigenvalue weighted by atomic mass is 9.99. The van der Waals surface area contributed by atoms with E-state index in [0.29, 0.717) is 30.2 Å². The Hall–Kier alpha value is -1.80. The van der Waals surface area contributed by atoms with E-state index in [1.807, 2.05) is 12.1 Å². The molecule has 1 fully saturated rings. The number of aryl methyl sites for hydroxylation is 1. The maximum Gasteiger partial charge on any atom is 0.269 e. The van der Waals surface area contributed by atoms with Crippen LogP contribution in [0.4, 0.5) is 5.82 Å². The number of nitrogens with one attached hydrogen (secondary N) is 2. The number of aromatic amines is 1. The number of hydrogen-bond donors (Lipinski definition) is 3. The molecule has 0 spiro atoms. The number of pyridine rings is 1. The average Bonchev–Trinajstić information content (AvgIpc) is 2.95. The molecule has 29 heavy (non-hydrogen) atoms. The maximum atomic E-state index is 12.7. The molecule has 0 saturated carbocycles. The number of rotatable bonds is 5. The van der Waals surface area contributed by atoms with Gasteiger partial charge in [0.15, 0.2) is 0 Å². The Morgan fingerprint density at radius 3 is 2.62 bits per heavy atom. The number of nitrogens with zero attached hydrogens (tertiary/aromatic N) is 2. The zero-order valence-corrected chi connectivity index (χ0v) is 18.4. The average molecular weight is 441 g/mol. The molecule has 1 amide bonds. The molecule has 3 heterocycles. The second-order valence-electron chi connectivity index (χ2n) is 7.81. The third-order valence-corrected chi connectivity index (χ3v) is 6.18. The lowest BCUT2D eigenvalue weighted by Crippen LogP contribution is -2.55. The van der Waals surface area contributed by atoms with Crippen LogP contribution in [0.5, 0.6) is 0 Å². The van der Waals surface area contributed by atoms with Crippen LogP contribution in [-0.4, -0.2) is 53.3 Å². The summed E-state index contributed by atoms with van der Waals surface area (Å²) in [5, 5.41) is 13.7. The van der Waals surface area contributed by atoms with Crippen molar-refractivity contribution < 1.29 is 14.6 Å². The highest BCUT2D eigenvalue weighted by Gasteiger charge is 2.32. The molecule has 2 atom stereocenters. The van der Waals surface area contributed by atoms with E-state index >= 15 is 0 Å². The monoisotopic (exact) mass is 440 g/mol. The second kappa shape index (κ2) is 8.52. The highest BCUT2D eigenvalue weighted by Crippen LogP contribution is 2.29. The fourth-order valence-corrected chi connectivity index (χ4v) is 3.85. The highest BCUT2D eigenvalue weighted by atomic mass is 35.5. The molecule has 0 unspecified atom stereocenters. The van der Waals surface area contributed by atoms with Crippen LogP contribution < -0.4 is 10.2 Å². The predicted molar refractivity (Wildman–Crippen MR) is 114 cm³/mol. The van der Waals surface area contributed by atoms with Crippen molar-refractivity contribution in [2.45, 2.75) is 44.9 Å². The van der Waals surface area contributed by atoms with Gasteiger partial charge in [-0.05, 0) is 33.3 Å². The van der Waals surface area contributed by atoms with Gasteiger partial charge in [-0.25, -0.2) is 4.98 Å². The van der Waals surface area contributed by atoms with Gasteiger partial charge in [0.05, 0.1) is 27.8 Å². The number of H-pyrrole nitrogens is 1. The van der Waals surface area contributed by atoms with Crippen molar-refractivity contribution >= 4 is 34.9 Å². The molecule has 1 aliphatic heterocycles. The van der Waals surface area contributed by atoms with E-state index in [4.69, 9.17) is 27.9 Å².